The summed E-state index contributed by atoms with van der Waals surface area (Å²) in [5.41, 5.74) is 1.47. The van der Waals surface area contributed by atoms with Crippen molar-refractivity contribution in [2.75, 3.05) is 20.2 Å². The van der Waals surface area contributed by atoms with Crippen LogP contribution in [-0.2, 0) is 0 Å². The van der Waals surface area contributed by atoms with Crippen LogP contribution in [0.15, 0.2) is 24.3 Å². The molecule has 0 bridgehead atoms. The third-order valence-corrected chi connectivity index (χ3v) is 4.52. The molecule has 1 N–H and O–H groups in total. The fourth-order valence-electron chi connectivity index (χ4n) is 3.64. The van der Waals surface area contributed by atoms with E-state index in [-0.39, 0.29) is 0 Å². The quantitative estimate of drug-likeness (QED) is 0.845. The Morgan fingerprint density at radius 3 is 3.06 bits per heavy atom. The SMILES string of the molecule is COc1cccc(C2CCC[C@H]3CNCC23)c1. The molecule has 2 fully saturated rings. The lowest BCUT2D eigenvalue weighted by Gasteiger charge is -2.33. The van der Waals surface area contributed by atoms with Gasteiger partial charge < -0.3 is 10.1 Å². The van der Waals surface area contributed by atoms with E-state index in [0.29, 0.717) is 0 Å². The van der Waals surface area contributed by atoms with Crippen molar-refractivity contribution in [3.63, 3.8) is 0 Å². The molecule has 1 aromatic carbocycles. The first-order chi connectivity index (χ1) is 8.38. The standard InChI is InChI=1S/C15H21NO/c1-17-13-6-2-4-11(8-13)14-7-3-5-12-9-16-10-15(12)14/h2,4,6,8,12,14-16H,3,5,7,9-10H2,1H3/t12-,14?,15?/m0/s1. The van der Waals surface area contributed by atoms with E-state index >= 15 is 0 Å². The molecule has 1 heterocycles. The van der Waals surface area contributed by atoms with Gasteiger partial charge in [-0.3, -0.25) is 0 Å². The van der Waals surface area contributed by atoms with E-state index in [1.807, 2.05) is 6.07 Å². The van der Waals surface area contributed by atoms with Crippen LogP contribution < -0.4 is 10.1 Å². The first kappa shape index (κ1) is 11.1. The number of ether oxygens (including phenoxy) is 1. The lowest BCUT2D eigenvalue weighted by atomic mass is 9.71. The summed E-state index contributed by atoms with van der Waals surface area (Å²) in [6, 6.07) is 8.66. The number of hydrogen-bond acceptors (Lipinski definition) is 2. The first-order valence-corrected chi connectivity index (χ1v) is 6.73. The monoisotopic (exact) mass is 231 g/mol. The number of benzene rings is 1. The van der Waals surface area contributed by atoms with Crippen molar-refractivity contribution in [2.45, 2.75) is 25.2 Å². The molecule has 3 atom stereocenters. The highest BCUT2D eigenvalue weighted by Crippen LogP contribution is 2.43. The van der Waals surface area contributed by atoms with Gasteiger partial charge in [-0.15, -0.1) is 0 Å². The summed E-state index contributed by atoms with van der Waals surface area (Å²) in [4.78, 5) is 0. The van der Waals surface area contributed by atoms with Gasteiger partial charge >= 0.3 is 0 Å². The maximum Gasteiger partial charge on any atom is 0.119 e. The van der Waals surface area contributed by atoms with E-state index < -0.39 is 0 Å². The van der Waals surface area contributed by atoms with Gasteiger partial charge in [0.25, 0.3) is 0 Å². The Bertz CT molecular complexity index is 390. The van der Waals surface area contributed by atoms with Gasteiger partial charge in [0.1, 0.15) is 5.75 Å². The van der Waals surface area contributed by atoms with Gasteiger partial charge in [-0.2, -0.15) is 0 Å². The van der Waals surface area contributed by atoms with Gasteiger partial charge in [0, 0.05) is 0 Å². The number of nitrogens with one attached hydrogen (secondary N) is 1. The predicted molar refractivity (Wildman–Crippen MR) is 69.4 cm³/mol. The fraction of sp³-hybridized carbons (Fsp3) is 0.600. The van der Waals surface area contributed by atoms with Crippen molar-refractivity contribution >= 4 is 0 Å². The summed E-state index contributed by atoms with van der Waals surface area (Å²) in [5.74, 6) is 3.48. The number of rotatable bonds is 2. The van der Waals surface area contributed by atoms with Crippen LogP contribution >= 0.6 is 0 Å². The first-order valence-electron chi connectivity index (χ1n) is 6.73. The smallest absolute Gasteiger partial charge is 0.119 e. The Morgan fingerprint density at radius 2 is 2.18 bits per heavy atom. The van der Waals surface area contributed by atoms with E-state index in [4.69, 9.17) is 4.74 Å². The molecule has 92 valence electrons. The average Bonchev–Trinajstić information content (AvgIpc) is 2.87. The number of methoxy groups -OCH3 is 1. The van der Waals surface area contributed by atoms with Gasteiger partial charge in [-0.05, 0) is 61.4 Å². The Kier molecular flexibility index (Phi) is 3.06. The second-order valence-corrected chi connectivity index (χ2v) is 5.40. The Morgan fingerprint density at radius 1 is 1.24 bits per heavy atom. The summed E-state index contributed by atoms with van der Waals surface area (Å²) in [6.07, 6.45) is 4.14. The molecule has 1 saturated heterocycles. The van der Waals surface area contributed by atoms with Crippen LogP contribution in [0.4, 0.5) is 0 Å². The minimum atomic E-state index is 0.735. The average molecular weight is 231 g/mol. The molecule has 17 heavy (non-hydrogen) atoms. The number of fused-ring (bicyclic) bond motifs is 1. The predicted octanol–water partition coefficient (Wildman–Crippen LogP) is 2.80. The molecule has 2 aliphatic rings. The lowest BCUT2D eigenvalue weighted by molar-refractivity contribution is 0.258. The van der Waals surface area contributed by atoms with E-state index in [2.05, 4.69) is 23.5 Å². The highest BCUT2D eigenvalue weighted by molar-refractivity contribution is 5.32. The van der Waals surface area contributed by atoms with Crippen LogP contribution in [0.5, 0.6) is 5.75 Å². The summed E-state index contributed by atoms with van der Waals surface area (Å²) >= 11 is 0. The highest BCUT2D eigenvalue weighted by Gasteiger charge is 2.37. The van der Waals surface area contributed by atoms with Crippen molar-refractivity contribution in [3.8, 4) is 5.75 Å². The molecule has 2 nitrogen and oxygen atoms in total. The molecule has 1 aliphatic heterocycles. The summed E-state index contributed by atoms with van der Waals surface area (Å²) in [5, 5.41) is 3.56. The molecule has 0 spiro atoms. The topological polar surface area (TPSA) is 21.3 Å². The van der Waals surface area contributed by atoms with Crippen molar-refractivity contribution < 1.29 is 4.74 Å². The fourth-order valence-corrected chi connectivity index (χ4v) is 3.64. The zero-order valence-corrected chi connectivity index (χ0v) is 10.5. The minimum Gasteiger partial charge on any atom is -0.497 e. The maximum absolute atomic E-state index is 5.34. The van der Waals surface area contributed by atoms with E-state index in [0.717, 1.165) is 23.5 Å². The van der Waals surface area contributed by atoms with Gasteiger partial charge in [-0.25, -0.2) is 0 Å². The third kappa shape index (κ3) is 2.06. The van der Waals surface area contributed by atoms with Gasteiger partial charge in [0.15, 0.2) is 0 Å². The van der Waals surface area contributed by atoms with Crippen LogP contribution in [-0.4, -0.2) is 20.2 Å². The van der Waals surface area contributed by atoms with Gasteiger partial charge in [0.2, 0.25) is 0 Å². The van der Waals surface area contributed by atoms with Crippen LogP contribution in [0, 0.1) is 11.8 Å². The van der Waals surface area contributed by atoms with Crippen molar-refractivity contribution in [1.82, 2.24) is 5.32 Å². The zero-order valence-electron chi connectivity index (χ0n) is 10.5. The molecule has 0 aromatic heterocycles. The van der Waals surface area contributed by atoms with Crippen LogP contribution in [0.1, 0.15) is 30.7 Å². The van der Waals surface area contributed by atoms with Crippen molar-refractivity contribution in [1.29, 1.82) is 0 Å². The zero-order chi connectivity index (χ0) is 11.7. The maximum atomic E-state index is 5.34. The van der Waals surface area contributed by atoms with E-state index in [1.54, 1.807) is 7.11 Å². The molecule has 3 rings (SSSR count). The molecular weight excluding hydrogens is 210 g/mol. The molecule has 1 saturated carbocycles. The number of hydrogen-bond donors (Lipinski definition) is 1. The van der Waals surface area contributed by atoms with E-state index in [9.17, 15) is 0 Å². The van der Waals surface area contributed by atoms with E-state index in [1.165, 1.54) is 37.9 Å². The normalized spacial score (nSPS) is 32.2. The highest BCUT2D eigenvalue weighted by atomic mass is 16.5. The minimum absolute atomic E-state index is 0.735. The van der Waals surface area contributed by atoms with Crippen LogP contribution in [0.2, 0.25) is 0 Å². The molecule has 0 radical (unpaired) electrons. The van der Waals surface area contributed by atoms with Gasteiger partial charge in [0.05, 0.1) is 7.11 Å². The second kappa shape index (κ2) is 4.69. The van der Waals surface area contributed by atoms with Crippen molar-refractivity contribution in [2.24, 2.45) is 11.8 Å². The molecule has 1 aromatic rings. The molecule has 0 amide bonds. The largest absolute Gasteiger partial charge is 0.497 e. The Hall–Kier alpha value is -1.02. The molecule has 2 unspecified atom stereocenters. The Labute approximate surface area is 103 Å². The van der Waals surface area contributed by atoms with Crippen molar-refractivity contribution in [3.05, 3.63) is 29.8 Å². The van der Waals surface area contributed by atoms with Crippen LogP contribution in [0.3, 0.4) is 0 Å². The van der Waals surface area contributed by atoms with Crippen LogP contribution in [0.25, 0.3) is 0 Å². The Balaban J connectivity index is 1.86. The molecular formula is C15H21NO. The summed E-state index contributed by atoms with van der Waals surface area (Å²) in [7, 11) is 1.75. The third-order valence-electron chi connectivity index (χ3n) is 4.52. The summed E-state index contributed by atoms with van der Waals surface area (Å²) < 4.78 is 5.34. The lowest BCUT2D eigenvalue weighted by Crippen LogP contribution is -2.25. The molecule has 1 aliphatic carbocycles. The second-order valence-electron chi connectivity index (χ2n) is 5.40. The molecule has 2 heteroatoms. The van der Waals surface area contributed by atoms with Gasteiger partial charge in [-0.1, -0.05) is 18.6 Å². The summed E-state index contributed by atoms with van der Waals surface area (Å²) in [6.45, 7) is 2.43.